The van der Waals surface area contributed by atoms with E-state index in [0.717, 1.165) is 23.6 Å². The summed E-state index contributed by atoms with van der Waals surface area (Å²) in [4.78, 5) is 35.0. The van der Waals surface area contributed by atoms with Gasteiger partial charge in [-0.1, -0.05) is 13.0 Å². The lowest BCUT2D eigenvalue weighted by Gasteiger charge is -2.15. The second-order valence-corrected chi connectivity index (χ2v) is 9.39. The molecule has 0 radical (unpaired) electrons. The predicted molar refractivity (Wildman–Crippen MR) is 155 cm³/mol. The Kier molecular flexibility index (Phi) is 7.56. The Hall–Kier alpha value is -4.99. The van der Waals surface area contributed by atoms with Gasteiger partial charge >= 0.3 is 0 Å². The third-order valence-electron chi connectivity index (χ3n) is 6.97. The standard InChI is InChI=1S/C31H29FN4O5/c1-6-18-8-10-24-21(12-18)29(37)28(17(3)36(24)4)30(38)35-19-9-11-25(22(32)13-19)41-31-20-14-26(39-5)27(40-7-2)15-23(20)33-16-34-31/h8-16H,6-7H2,1-5H3,(H,35,38). The highest BCUT2D eigenvalue weighted by Crippen LogP contribution is 2.36. The molecule has 2 aromatic heterocycles. The number of ether oxygens (including phenoxy) is 3. The van der Waals surface area contributed by atoms with Crippen molar-refractivity contribution in [3.63, 3.8) is 0 Å². The Morgan fingerprint density at radius 1 is 1.00 bits per heavy atom. The summed E-state index contributed by atoms with van der Waals surface area (Å²) in [6.07, 6.45) is 2.07. The van der Waals surface area contributed by atoms with Gasteiger partial charge in [-0.3, -0.25) is 9.59 Å². The molecule has 5 aromatic rings. The van der Waals surface area contributed by atoms with E-state index in [2.05, 4.69) is 15.3 Å². The van der Waals surface area contributed by atoms with Crippen LogP contribution in [0.15, 0.2) is 59.7 Å². The fourth-order valence-corrected chi connectivity index (χ4v) is 4.70. The van der Waals surface area contributed by atoms with Crippen LogP contribution in [0.2, 0.25) is 0 Å². The van der Waals surface area contributed by atoms with Crippen molar-refractivity contribution in [3.05, 3.63) is 87.7 Å². The van der Waals surface area contributed by atoms with Crippen LogP contribution in [0.1, 0.15) is 35.5 Å². The Bertz CT molecular complexity index is 1870. The quantitative estimate of drug-likeness (QED) is 0.252. The zero-order valence-corrected chi connectivity index (χ0v) is 23.4. The number of fused-ring (bicyclic) bond motifs is 2. The molecule has 0 saturated carbocycles. The Morgan fingerprint density at radius 2 is 1.80 bits per heavy atom. The fourth-order valence-electron chi connectivity index (χ4n) is 4.70. The highest BCUT2D eigenvalue weighted by Gasteiger charge is 2.20. The lowest BCUT2D eigenvalue weighted by molar-refractivity contribution is 0.102. The maximum Gasteiger partial charge on any atom is 0.261 e. The number of hydrogen-bond donors (Lipinski definition) is 1. The van der Waals surface area contributed by atoms with E-state index in [1.54, 1.807) is 30.7 Å². The molecule has 0 aliphatic rings. The Balaban J connectivity index is 1.44. The molecule has 0 unspecified atom stereocenters. The van der Waals surface area contributed by atoms with Gasteiger partial charge < -0.3 is 24.1 Å². The second kappa shape index (κ2) is 11.2. The number of nitrogens with one attached hydrogen (secondary N) is 1. The molecule has 0 fully saturated rings. The van der Waals surface area contributed by atoms with Gasteiger partial charge in [0.15, 0.2) is 23.1 Å². The number of rotatable bonds is 8. The summed E-state index contributed by atoms with van der Waals surface area (Å²) in [5.41, 5.74) is 2.55. The first-order valence-corrected chi connectivity index (χ1v) is 13.1. The van der Waals surface area contributed by atoms with Crippen LogP contribution >= 0.6 is 0 Å². The summed E-state index contributed by atoms with van der Waals surface area (Å²) in [6, 6.07) is 13.0. The summed E-state index contributed by atoms with van der Waals surface area (Å²) >= 11 is 0. The molecular formula is C31H29FN4O5. The molecule has 0 bridgehead atoms. The number of carbonyl (C=O) groups excluding carboxylic acids is 1. The summed E-state index contributed by atoms with van der Waals surface area (Å²) in [6.45, 7) is 6.01. The molecule has 0 spiro atoms. The Labute approximate surface area is 235 Å². The second-order valence-electron chi connectivity index (χ2n) is 9.39. The molecule has 2 heterocycles. The van der Waals surface area contributed by atoms with Crippen molar-refractivity contribution < 1.29 is 23.4 Å². The number of nitrogens with zero attached hydrogens (tertiary/aromatic N) is 3. The van der Waals surface area contributed by atoms with Crippen molar-refractivity contribution in [2.45, 2.75) is 27.2 Å². The molecule has 1 amide bonds. The van der Waals surface area contributed by atoms with Crippen molar-refractivity contribution >= 4 is 33.4 Å². The highest BCUT2D eigenvalue weighted by atomic mass is 19.1. The lowest BCUT2D eigenvalue weighted by atomic mass is 10.0. The highest BCUT2D eigenvalue weighted by molar-refractivity contribution is 6.06. The lowest BCUT2D eigenvalue weighted by Crippen LogP contribution is -2.26. The minimum absolute atomic E-state index is 0.00168. The molecule has 10 heteroatoms. The normalized spacial score (nSPS) is 11.1. The average molecular weight is 557 g/mol. The van der Waals surface area contributed by atoms with Gasteiger partial charge in [-0.25, -0.2) is 14.4 Å². The number of amides is 1. The van der Waals surface area contributed by atoms with E-state index >= 15 is 4.39 Å². The van der Waals surface area contributed by atoms with E-state index in [1.807, 2.05) is 32.0 Å². The number of aromatic nitrogens is 3. The number of methoxy groups -OCH3 is 1. The average Bonchev–Trinajstić information content (AvgIpc) is 2.97. The molecule has 0 saturated heterocycles. The zero-order chi connectivity index (χ0) is 29.3. The summed E-state index contributed by atoms with van der Waals surface area (Å²) in [7, 11) is 3.31. The minimum atomic E-state index is -0.733. The van der Waals surface area contributed by atoms with Gasteiger partial charge in [-0.15, -0.1) is 0 Å². The zero-order valence-electron chi connectivity index (χ0n) is 23.4. The van der Waals surface area contributed by atoms with Gasteiger partial charge in [-0.05, 0) is 56.2 Å². The first-order valence-electron chi connectivity index (χ1n) is 13.1. The maximum absolute atomic E-state index is 15.2. The van der Waals surface area contributed by atoms with Crippen LogP contribution in [0.25, 0.3) is 21.8 Å². The molecule has 210 valence electrons. The monoisotopic (exact) mass is 556 g/mol. The molecule has 5 rings (SSSR count). The Morgan fingerprint density at radius 3 is 2.51 bits per heavy atom. The number of anilines is 1. The molecule has 0 aliphatic carbocycles. The first-order chi connectivity index (χ1) is 19.7. The minimum Gasteiger partial charge on any atom is -0.493 e. The largest absolute Gasteiger partial charge is 0.493 e. The van der Waals surface area contributed by atoms with Crippen molar-refractivity contribution in [3.8, 4) is 23.1 Å². The topological polar surface area (TPSA) is 105 Å². The SMILES string of the molecule is CCOc1cc2ncnc(Oc3ccc(NC(=O)c4c(C)n(C)c5ccc(CC)cc5c4=O)cc3F)c2cc1OC. The maximum atomic E-state index is 15.2. The summed E-state index contributed by atoms with van der Waals surface area (Å²) in [5, 5.41) is 3.61. The van der Waals surface area contributed by atoms with Crippen LogP contribution in [-0.2, 0) is 13.5 Å². The van der Waals surface area contributed by atoms with Gasteiger partial charge in [0.25, 0.3) is 5.91 Å². The van der Waals surface area contributed by atoms with Crippen LogP contribution in [0.5, 0.6) is 23.1 Å². The van der Waals surface area contributed by atoms with Crippen molar-refractivity contribution in [1.82, 2.24) is 14.5 Å². The number of pyridine rings is 1. The van der Waals surface area contributed by atoms with E-state index in [0.29, 0.717) is 40.1 Å². The smallest absolute Gasteiger partial charge is 0.261 e. The number of aryl methyl sites for hydroxylation is 2. The van der Waals surface area contributed by atoms with Gasteiger partial charge in [0.2, 0.25) is 11.3 Å². The van der Waals surface area contributed by atoms with Gasteiger partial charge in [-0.2, -0.15) is 0 Å². The van der Waals surface area contributed by atoms with E-state index in [-0.39, 0.29) is 28.3 Å². The molecule has 9 nitrogen and oxygen atoms in total. The van der Waals surface area contributed by atoms with Crippen LogP contribution in [0, 0.1) is 12.7 Å². The molecular weight excluding hydrogens is 527 g/mol. The van der Waals surface area contributed by atoms with Crippen LogP contribution in [0.4, 0.5) is 10.1 Å². The van der Waals surface area contributed by atoms with Crippen molar-refractivity contribution in [2.24, 2.45) is 7.05 Å². The first kappa shape index (κ1) is 27.6. The number of halogens is 1. The van der Waals surface area contributed by atoms with Gasteiger partial charge in [0, 0.05) is 35.9 Å². The molecule has 1 N–H and O–H groups in total. The third-order valence-corrected chi connectivity index (χ3v) is 6.97. The molecule has 0 atom stereocenters. The third kappa shape index (κ3) is 5.16. The van der Waals surface area contributed by atoms with Gasteiger partial charge in [0.1, 0.15) is 11.9 Å². The summed E-state index contributed by atoms with van der Waals surface area (Å²) in [5.74, 6) is -0.379. The van der Waals surface area contributed by atoms with Crippen LogP contribution in [0.3, 0.4) is 0 Å². The fraction of sp³-hybridized carbons (Fsp3) is 0.226. The molecule has 0 aliphatic heterocycles. The number of carbonyl (C=O) groups is 1. The summed E-state index contributed by atoms with van der Waals surface area (Å²) < 4.78 is 33.8. The predicted octanol–water partition coefficient (Wildman–Crippen LogP) is 5.94. The van der Waals surface area contributed by atoms with Crippen molar-refractivity contribution in [1.29, 1.82) is 0 Å². The van der Waals surface area contributed by atoms with E-state index in [9.17, 15) is 9.59 Å². The van der Waals surface area contributed by atoms with E-state index in [1.165, 1.54) is 25.6 Å². The van der Waals surface area contributed by atoms with Crippen LogP contribution in [-0.4, -0.2) is 34.2 Å². The van der Waals surface area contributed by atoms with E-state index in [4.69, 9.17) is 14.2 Å². The van der Waals surface area contributed by atoms with Gasteiger partial charge in [0.05, 0.1) is 30.1 Å². The van der Waals surface area contributed by atoms with Crippen LogP contribution < -0.4 is 25.0 Å². The number of benzene rings is 3. The number of hydrogen-bond acceptors (Lipinski definition) is 7. The molecule has 3 aromatic carbocycles. The van der Waals surface area contributed by atoms with E-state index < -0.39 is 11.7 Å². The van der Waals surface area contributed by atoms with Crippen molar-refractivity contribution in [2.75, 3.05) is 19.0 Å². The molecule has 41 heavy (non-hydrogen) atoms.